The summed E-state index contributed by atoms with van der Waals surface area (Å²) < 4.78 is 0. The second-order valence-corrected chi connectivity index (χ2v) is 7.57. The topological polar surface area (TPSA) is 0 Å². The molecule has 0 aromatic heterocycles. The van der Waals surface area contributed by atoms with Crippen LogP contribution in [0.15, 0.2) is 42.0 Å². The Morgan fingerprint density at radius 2 is 1.71 bits per heavy atom. The van der Waals surface area contributed by atoms with Crippen molar-refractivity contribution in [2.75, 3.05) is 0 Å². The highest BCUT2D eigenvalue weighted by Crippen LogP contribution is 2.57. The third-order valence-electron chi connectivity index (χ3n) is 5.71. The van der Waals surface area contributed by atoms with E-state index in [1.54, 1.807) is 5.57 Å². The Balaban J connectivity index is 2.03. The van der Waals surface area contributed by atoms with Gasteiger partial charge in [-0.15, -0.1) is 0 Å². The highest BCUT2D eigenvalue weighted by atomic mass is 14.5. The number of fused-ring (bicyclic) bond motifs is 1. The van der Waals surface area contributed by atoms with Gasteiger partial charge in [0, 0.05) is 5.41 Å². The zero-order valence-corrected chi connectivity index (χ0v) is 14.0. The van der Waals surface area contributed by atoms with E-state index >= 15 is 0 Å². The van der Waals surface area contributed by atoms with Gasteiger partial charge < -0.3 is 0 Å². The van der Waals surface area contributed by atoms with Crippen LogP contribution in [-0.4, -0.2) is 0 Å². The van der Waals surface area contributed by atoms with Gasteiger partial charge in [-0.1, -0.05) is 69.7 Å². The van der Waals surface area contributed by atoms with Crippen LogP contribution in [0.25, 0.3) is 5.57 Å². The van der Waals surface area contributed by atoms with E-state index in [-0.39, 0.29) is 5.41 Å². The summed E-state index contributed by atoms with van der Waals surface area (Å²) in [4.78, 5) is 0. The van der Waals surface area contributed by atoms with Gasteiger partial charge in [0.2, 0.25) is 0 Å². The van der Waals surface area contributed by atoms with E-state index in [9.17, 15) is 0 Å². The number of benzene rings is 1. The molecule has 0 aliphatic heterocycles. The van der Waals surface area contributed by atoms with Gasteiger partial charge in [0.15, 0.2) is 0 Å². The minimum absolute atomic E-state index is 0.168. The van der Waals surface area contributed by atoms with Crippen LogP contribution in [0.4, 0.5) is 0 Å². The highest BCUT2D eigenvalue weighted by Gasteiger charge is 2.43. The molecule has 0 spiro atoms. The average molecular weight is 280 g/mol. The third-order valence-corrected chi connectivity index (χ3v) is 5.71. The van der Waals surface area contributed by atoms with Crippen LogP contribution in [0.5, 0.6) is 0 Å². The third kappa shape index (κ3) is 2.39. The maximum Gasteiger partial charge on any atom is 0.0113 e. The van der Waals surface area contributed by atoms with Crippen molar-refractivity contribution in [2.45, 2.75) is 59.8 Å². The first-order valence-corrected chi connectivity index (χ1v) is 8.48. The minimum atomic E-state index is 0.168. The van der Waals surface area contributed by atoms with E-state index in [4.69, 9.17) is 0 Å². The lowest BCUT2D eigenvalue weighted by molar-refractivity contribution is 0.278. The fourth-order valence-electron chi connectivity index (χ4n) is 4.47. The molecule has 1 aromatic carbocycles. The molecule has 0 heteroatoms. The van der Waals surface area contributed by atoms with Crippen LogP contribution >= 0.6 is 0 Å². The van der Waals surface area contributed by atoms with Gasteiger partial charge >= 0.3 is 0 Å². The van der Waals surface area contributed by atoms with Gasteiger partial charge in [0.05, 0.1) is 0 Å². The number of rotatable bonds is 2. The summed E-state index contributed by atoms with van der Waals surface area (Å²) in [6, 6.07) is 9.21. The predicted octanol–water partition coefficient (Wildman–Crippen LogP) is 6.18. The Hall–Kier alpha value is -1.30. The molecular formula is C21H28. The van der Waals surface area contributed by atoms with Crippen molar-refractivity contribution in [1.29, 1.82) is 0 Å². The molecule has 0 fully saturated rings. The van der Waals surface area contributed by atoms with Crippen LogP contribution in [0.2, 0.25) is 0 Å². The van der Waals surface area contributed by atoms with Crippen molar-refractivity contribution in [2.24, 2.45) is 10.8 Å². The van der Waals surface area contributed by atoms with Crippen LogP contribution in [0.1, 0.15) is 64.5 Å². The van der Waals surface area contributed by atoms with E-state index in [1.807, 2.05) is 0 Å². The van der Waals surface area contributed by atoms with Gasteiger partial charge in [0.1, 0.15) is 0 Å². The molecule has 0 saturated carbocycles. The quantitative estimate of drug-likeness (QED) is 0.567. The molecule has 1 aromatic rings. The zero-order chi connectivity index (χ0) is 15.1. The lowest BCUT2D eigenvalue weighted by Crippen LogP contribution is -2.35. The number of allylic oxidation sites excluding steroid dienone is 4. The van der Waals surface area contributed by atoms with Gasteiger partial charge in [-0.25, -0.2) is 0 Å². The Labute approximate surface area is 130 Å². The smallest absolute Gasteiger partial charge is 0.0113 e. The molecule has 112 valence electrons. The number of hydrogen-bond acceptors (Lipinski definition) is 0. The molecule has 0 amide bonds. The molecule has 3 rings (SSSR count). The lowest BCUT2D eigenvalue weighted by Gasteiger charge is -2.48. The maximum absolute atomic E-state index is 2.54. The summed E-state index contributed by atoms with van der Waals surface area (Å²) in [5.41, 5.74) is 6.60. The summed E-state index contributed by atoms with van der Waals surface area (Å²) in [6.07, 6.45) is 11.3. The summed E-state index contributed by atoms with van der Waals surface area (Å²) in [5, 5.41) is 0. The Kier molecular flexibility index (Phi) is 3.59. The number of aryl methyl sites for hydroxylation is 1. The molecule has 2 aliphatic rings. The molecule has 21 heavy (non-hydrogen) atoms. The molecular weight excluding hydrogens is 252 g/mol. The zero-order valence-electron chi connectivity index (χ0n) is 14.0. The summed E-state index contributed by atoms with van der Waals surface area (Å²) in [5.74, 6) is 0. The van der Waals surface area contributed by atoms with Crippen LogP contribution in [0, 0.1) is 10.8 Å². The summed E-state index contributed by atoms with van der Waals surface area (Å²) in [7, 11) is 0. The molecule has 0 saturated heterocycles. The normalized spacial score (nSPS) is 27.6. The van der Waals surface area contributed by atoms with Crippen molar-refractivity contribution in [3.05, 3.63) is 53.1 Å². The Bertz CT molecular complexity index is 583. The van der Waals surface area contributed by atoms with E-state index in [2.05, 4.69) is 64.1 Å². The monoisotopic (exact) mass is 280 g/mol. The molecule has 1 atom stereocenters. The van der Waals surface area contributed by atoms with Crippen molar-refractivity contribution >= 4 is 5.57 Å². The van der Waals surface area contributed by atoms with Gasteiger partial charge in [0.25, 0.3) is 0 Å². The first-order valence-electron chi connectivity index (χ1n) is 8.48. The van der Waals surface area contributed by atoms with Gasteiger partial charge in [-0.2, -0.15) is 0 Å². The molecule has 0 nitrogen and oxygen atoms in total. The van der Waals surface area contributed by atoms with E-state index in [0.717, 1.165) is 6.42 Å². The van der Waals surface area contributed by atoms with Gasteiger partial charge in [-0.3, -0.25) is 0 Å². The largest absolute Gasteiger partial charge is 0.0839 e. The van der Waals surface area contributed by atoms with Crippen LogP contribution in [0.3, 0.4) is 0 Å². The van der Waals surface area contributed by atoms with Crippen LogP contribution < -0.4 is 0 Å². The average Bonchev–Trinajstić information content (AvgIpc) is 2.47. The fraction of sp³-hybridized carbons (Fsp3) is 0.524. The van der Waals surface area contributed by atoms with Crippen LogP contribution in [-0.2, 0) is 6.42 Å². The van der Waals surface area contributed by atoms with Crippen molar-refractivity contribution in [3.8, 4) is 0 Å². The SMILES string of the molecule is CCc1ccc(C2=CC[C@]3(C)CCCC=C3C2(C)C)cc1. The van der Waals surface area contributed by atoms with Crippen molar-refractivity contribution in [3.63, 3.8) is 0 Å². The Morgan fingerprint density at radius 3 is 2.38 bits per heavy atom. The van der Waals surface area contributed by atoms with Crippen molar-refractivity contribution < 1.29 is 0 Å². The molecule has 2 aliphatic carbocycles. The molecule has 0 heterocycles. The van der Waals surface area contributed by atoms with Crippen molar-refractivity contribution in [1.82, 2.24) is 0 Å². The molecule has 0 N–H and O–H groups in total. The fourth-order valence-corrected chi connectivity index (χ4v) is 4.47. The van der Waals surface area contributed by atoms with Gasteiger partial charge in [-0.05, 0) is 54.2 Å². The number of hydrogen-bond donors (Lipinski definition) is 0. The first-order chi connectivity index (χ1) is 9.97. The second kappa shape index (κ2) is 5.16. The summed E-state index contributed by atoms with van der Waals surface area (Å²) in [6.45, 7) is 9.52. The lowest BCUT2D eigenvalue weighted by atomic mass is 9.56. The highest BCUT2D eigenvalue weighted by molar-refractivity contribution is 5.75. The standard InChI is InChI=1S/C21H28/c1-5-16-9-11-17(12-10-16)18-13-15-21(4)14-7-6-8-19(21)20(18,2)3/h8-13H,5-7,14-15H2,1-4H3/t21-/m0/s1. The first kappa shape index (κ1) is 14.6. The van der Waals surface area contributed by atoms with E-state index < -0.39 is 0 Å². The Morgan fingerprint density at radius 1 is 1.00 bits per heavy atom. The maximum atomic E-state index is 2.54. The molecule has 0 radical (unpaired) electrons. The van der Waals surface area contributed by atoms with E-state index in [1.165, 1.54) is 42.4 Å². The second-order valence-electron chi connectivity index (χ2n) is 7.57. The summed E-state index contributed by atoms with van der Waals surface area (Å²) >= 11 is 0. The molecule has 0 bridgehead atoms. The minimum Gasteiger partial charge on any atom is -0.0839 e. The predicted molar refractivity (Wildman–Crippen MR) is 92.2 cm³/mol. The molecule has 0 unspecified atom stereocenters. The van der Waals surface area contributed by atoms with E-state index in [0.29, 0.717) is 5.41 Å².